The van der Waals surface area contributed by atoms with E-state index in [0.717, 1.165) is 0 Å². The summed E-state index contributed by atoms with van der Waals surface area (Å²) in [5.74, 6) is 0. The first-order chi connectivity index (χ1) is 8.15. The van der Waals surface area contributed by atoms with Crippen LogP contribution in [0, 0.1) is 0 Å². The predicted molar refractivity (Wildman–Crippen MR) is 74.3 cm³/mol. The molecule has 3 N–H and O–H groups in total. The Morgan fingerprint density at radius 1 is 0.765 bits per heavy atom. The number of primary amides is 1. The Balaban J connectivity index is 0. The van der Waals surface area contributed by atoms with Crippen molar-refractivity contribution < 1.29 is 9.90 Å². The number of hydrogen-bond acceptors (Lipinski definition) is 1. The molecule has 0 unspecified atom stereocenters. The van der Waals surface area contributed by atoms with E-state index in [-0.39, 0.29) is 0 Å². The average Bonchev–Trinajstić information content (AvgIpc) is 2.26. The van der Waals surface area contributed by atoms with Crippen molar-refractivity contribution in [2.75, 3.05) is 0 Å². The second kappa shape index (κ2) is 17.7. The molecule has 0 aliphatic rings. The molecule has 1 amide bonds. The Morgan fingerprint density at radius 2 is 0.941 bits per heavy atom. The number of carbonyl (C=O) groups is 1. The van der Waals surface area contributed by atoms with E-state index < -0.39 is 6.09 Å². The molecule has 0 fully saturated rings. The molecule has 104 valence electrons. The first kappa shape index (κ1) is 18.6. The van der Waals surface area contributed by atoms with Crippen molar-refractivity contribution in [1.82, 2.24) is 0 Å². The van der Waals surface area contributed by atoms with Crippen molar-refractivity contribution in [1.29, 1.82) is 0 Å². The minimum Gasteiger partial charge on any atom is -0.465 e. The number of unbranched alkanes of at least 4 members (excludes halogenated alkanes) is 10. The molecule has 0 atom stereocenters. The summed E-state index contributed by atoms with van der Waals surface area (Å²) in [4.78, 5) is 8.78. The fourth-order valence-electron chi connectivity index (χ4n) is 1.74. The van der Waals surface area contributed by atoms with Gasteiger partial charge in [-0.2, -0.15) is 0 Å². The second-order valence-electron chi connectivity index (χ2n) is 4.52. The molecule has 0 rings (SSSR count). The molecule has 3 nitrogen and oxygen atoms in total. The van der Waals surface area contributed by atoms with Crippen molar-refractivity contribution in [2.24, 2.45) is 5.73 Å². The summed E-state index contributed by atoms with van der Waals surface area (Å²) >= 11 is 0. The highest BCUT2D eigenvalue weighted by Gasteiger charge is 1.90. The molecule has 0 bridgehead atoms. The van der Waals surface area contributed by atoms with Gasteiger partial charge >= 0.3 is 6.09 Å². The minimum atomic E-state index is -1.33. The van der Waals surface area contributed by atoms with Crippen LogP contribution in [0.4, 0.5) is 4.79 Å². The molecule has 0 aromatic heterocycles. The third-order valence-electron chi connectivity index (χ3n) is 2.71. The molecule has 0 aromatic rings. The third-order valence-corrected chi connectivity index (χ3v) is 2.71. The van der Waals surface area contributed by atoms with E-state index in [0.29, 0.717) is 0 Å². The Hall–Kier alpha value is -0.730. The van der Waals surface area contributed by atoms with Crippen LogP contribution in [-0.2, 0) is 0 Å². The van der Waals surface area contributed by atoms with Gasteiger partial charge in [0.25, 0.3) is 0 Å². The fourth-order valence-corrected chi connectivity index (χ4v) is 1.74. The molecule has 0 aromatic carbocycles. The van der Waals surface area contributed by atoms with Crippen LogP contribution in [0.15, 0.2) is 0 Å². The number of hydrogen-bond donors (Lipinski definition) is 2. The molecule has 0 spiro atoms. The third kappa shape index (κ3) is 31.3. The lowest BCUT2D eigenvalue weighted by Crippen LogP contribution is -2.03. The van der Waals surface area contributed by atoms with Gasteiger partial charge < -0.3 is 10.8 Å². The van der Waals surface area contributed by atoms with Gasteiger partial charge in [0.15, 0.2) is 0 Å². The summed E-state index contributed by atoms with van der Waals surface area (Å²) < 4.78 is 0. The molecular weight excluding hydrogens is 214 g/mol. The molecule has 17 heavy (non-hydrogen) atoms. The van der Waals surface area contributed by atoms with Gasteiger partial charge in [-0.15, -0.1) is 0 Å². The van der Waals surface area contributed by atoms with Crippen LogP contribution in [0.1, 0.15) is 84.5 Å². The topological polar surface area (TPSA) is 63.3 Å². The first-order valence-corrected chi connectivity index (χ1v) is 7.13. The summed E-state index contributed by atoms with van der Waals surface area (Å²) in [6.45, 7) is 4.56. The molecule has 3 heteroatoms. The minimum absolute atomic E-state index is 1.33. The normalized spacial score (nSPS) is 9.53. The van der Waals surface area contributed by atoms with Gasteiger partial charge in [-0.1, -0.05) is 84.5 Å². The lowest BCUT2D eigenvalue weighted by atomic mass is 10.1. The van der Waals surface area contributed by atoms with Gasteiger partial charge in [0.1, 0.15) is 0 Å². The van der Waals surface area contributed by atoms with Crippen LogP contribution in [0.3, 0.4) is 0 Å². The van der Waals surface area contributed by atoms with Crippen LogP contribution in [0.25, 0.3) is 0 Å². The highest BCUT2D eigenvalue weighted by Crippen LogP contribution is 2.10. The maximum Gasteiger partial charge on any atom is 0.402 e. The van der Waals surface area contributed by atoms with E-state index in [9.17, 15) is 0 Å². The highest BCUT2D eigenvalue weighted by molar-refractivity contribution is 5.61. The fraction of sp³-hybridized carbons (Fsp3) is 0.929. The maximum atomic E-state index is 8.78. The lowest BCUT2D eigenvalue weighted by Gasteiger charge is -2.00. The van der Waals surface area contributed by atoms with Crippen molar-refractivity contribution in [3.8, 4) is 0 Å². The smallest absolute Gasteiger partial charge is 0.402 e. The summed E-state index contributed by atoms with van der Waals surface area (Å²) in [6.07, 6.45) is 14.6. The van der Waals surface area contributed by atoms with Gasteiger partial charge in [-0.3, -0.25) is 0 Å². The van der Waals surface area contributed by atoms with E-state index in [1.807, 2.05) is 0 Å². The molecule has 0 saturated heterocycles. The number of nitrogens with two attached hydrogens (primary N) is 1. The van der Waals surface area contributed by atoms with Crippen LogP contribution in [0.2, 0.25) is 0 Å². The molecule has 0 aliphatic heterocycles. The van der Waals surface area contributed by atoms with Crippen molar-refractivity contribution in [3.63, 3.8) is 0 Å². The van der Waals surface area contributed by atoms with E-state index in [4.69, 9.17) is 9.90 Å². The van der Waals surface area contributed by atoms with Crippen LogP contribution in [0.5, 0.6) is 0 Å². The Kier molecular flexibility index (Phi) is 19.4. The average molecular weight is 245 g/mol. The standard InChI is InChI=1S/C13H28.CH3NO2/c1-3-5-7-9-11-13-12-10-8-6-4-2;2-1(3)4/h3-13H2,1-2H3;2H2,(H,3,4). The van der Waals surface area contributed by atoms with Crippen LogP contribution in [-0.4, -0.2) is 11.2 Å². The monoisotopic (exact) mass is 245 g/mol. The highest BCUT2D eigenvalue weighted by atomic mass is 16.4. The largest absolute Gasteiger partial charge is 0.465 e. The number of carboxylic acid groups (broad SMARTS) is 1. The molecule has 0 aliphatic carbocycles. The molecular formula is C14H31NO2. The predicted octanol–water partition coefficient (Wildman–Crippen LogP) is 4.94. The van der Waals surface area contributed by atoms with Crippen LogP contribution >= 0.6 is 0 Å². The maximum absolute atomic E-state index is 8.78. The number of amides is 1. The Labute approximate surface area is 107 Å². The van der Waals surface area contributed by atoms with Gasteiger partial charge in [0.2, 0.25) is 0 Å². The van der Waals surface area contributed by atoms with E-state index >= 15 is 0 Å². The summed E-state index contributed by atoms with van der Waals surface area (Å²) in [7, 11) is 0. The van der Waals surface area contributed by atoms with Gasteiger partial charge in [0.05, 0.1) is 0 Å². The van der Waals surface area contributed by atoms with E-state index in [1.165, 1.54) is 70.6 Å². The number of rotatable bonds is 10. The van der Waals surface area contributed by atoms with Gasteiger partial charge in [0, 0.05) is 0 Å². The van der Waals surface area contributed by atoms with Gasteiger partial charge in [-0.25, -0.2) is 4.79 Å². The quantitative estimate of drug-likeness (QED) is 0.535. The van der Waals surface area contributed by atoms with E-state index in [1.54, 1.807) is 0 Å². The van der Waals surface area contributed by atoms with Gasteiger partial charge in [-0.05, 0) is 0 Å². The van der Waals surface area contributed by atoms with Crippen molar-refractivity contribution in [2.45, 2.75) is 84.5 Å². The lowest BCUT2D eigenvalue weighted by molar-refractivity contribution is 0.205. The van der Waals surface area contributed by atoms with Crippen molar-refractivity contribution >= 4 is 6.09 Å². The summed E-state index contributed by atoms with van der Waals surface area (Å²) in [5, 5.41) is 7.19. The van der Waals surface area contributed by atoms with E-state index in [2.05, 4.69) is 19.6 Å². The summed E-state index contributed by atoms with van der Waals surface area (Å²) in [5.41, 5.74) is 4.03. The first-order valence-electron chi connectivity index (χ1n) is 7.13. The zero-order chi connectivity index (χ0) is 13.4. The Morgan fingerprint density at radius 3 is 1.12 bits per heavy atom. The van der Waals surface area contributed by atoms with Crippen LogP contribution < -0.4 is 5.73 Å². The molecule has 0 radical (unpaired) electrons. The SMILES string of the molecule is CCCCCCCCCCCCC.NC(=O)O. The molecule has 0 heterocycles. The zero-order valence-electron chi connectivity index (χ0n) is 11.7. The molecule has 0 saturated carbocycles. The zero-order valence-corrected chi connectivity index (χ0v) is 11.7. The summed E-state index contributed by atoms with van der Waals surface area (Å²) in [6, 6.07) is 0. The Bertz CT molecular complexity index is 135. The second-order valence-corrected chi connectivity index (χ2v) is 4.52. The van der Waals surface area contributed by atoms with Crippen molar-refractivity contribution in [3.05, 3.63) is 0 Å².